The molecule has 0 spiro atoms. The largest absolute Gasteiger partial charge is 0.481 e. The van der Waals surface area contributed by atoms with E-state index in [4.69, 9.17) is 21.7 Å². The lowest BCUT2D eigenvalue weighted by Crippen LogP contribution is -2.52. The fourth-order valence-electron chi connectivity index (χ4n) is 1.74. The number of carbonyl (C=O) groups is 4. The molecule has 2 atom stereocenters. The van der Waals surface area contributed by atoms with Gasteiger partial charge in [0.25, 0.3) is 0 Å². The maximum Gasteiger partial charge on any atom is 0.322 e. The maximum absolute atomic E-state index is 11.9. The van der Waals surface area contributed by atoms with Gasteiger partial charge in [0, 0.05) is 6.42 Å². The minimum absolute atomic E-state index is 0.165. The van der Waals surface area contributed by atoms with Crippen molar-refractivity contribution in [3.63, 3.8) is 0 Å². The van der Waals surface area contributed by atoms with Gasteiger partial charge in [0.2, 0.25) is 11.8 Å². The van der Waals surface area contributed by atoms with Gasteiger partial charge in [-0.3, -0.25) is 19.2 Å². The molecule has 10 nitrogen and oxygen atoms in total. The third-order valence-electron chi connectivity index (χ3n) is 3.00. The number of nitrogens with two attached hydrogens (primary N) is 2. The van der Waals surface area contributed by atoms with E-state index in [1.54, 1.807) is 0 Å². The van der Waals surface area contributed by atoms with Crippen molar-refractivity contribution in [1.29, 1.82) is 0 Å². The molecule has 0 radical (unpaired) electrons. The quantitative estimate of drug-likeness (QED) is 0.221. The Morgan fingerprint density at radius 3 is 2.13 bits per heavy atom. The summed E-state index contributed by atoms with van der Waals surface area (Å²) in [6.45, 7) is -0.145. The van der Waals surface area contributed by atoms with Crippen LogP contribution in [-0.2, 0) is 19.2 Å². The van der Waals surface area contributed by atoms with E-state index in [-0.39, 0.29) is 12.8 Å². The zero-order valence-electron chi connectivity index (χ0n) is 12.8. The van der Waals surface area contributed by atoms with Gasteiger partial charge in [-0.1, -0.05) is 6.42 Å². The second kappa shape index (κ2) is 11.4. The third kappa shape index (κ3) is 10.2. The summed E-state index contributed by atoms with van der Waals surface area (Å²) in [6.07, 6.45) is 1.22. The van der Waals surface area contributed by atoms with Gasteiger partial charge in [-0.25, -0.2) is 0 Å². The summed E-state index contributed by atoms with van der Waals surface area (Å²) in [5.74, 6) is -3.75. The highest BCUT2D eigenvalue weighted by molar-refractivity contribution is 5.91. The van der Waals surface area contributed by atoms with Crippen LogP contribution < -0.4 is 22.1 Å². The monoisotopic (exact) mass is 332 g/mol. The molecule has 8 N–H and O–H groups in total. The van der Waals surface area contributed by atoms with Crippen molar-refractivity contribution in [2.24, 2.45) is 11.5 Å². The second-order valence-electron chi connectivity index (χ2n) is 5.00. The molecule has 0 aromatic rings. The number of amides is 2. The smallest absolute Gasteiger partial charge is 0.322 e. The standard InChI is InChI=1S/C13H24N4O6/c14-6-2-1-3-8(15)12(22)17-9(4-5-10(18)19)13(23)16-7-11(20)21/h8-9H,1-7,14-15H2,(H,16,23)(H,17,22)(H,18,19)(H,20,21). The van der Waals surface area contributed by atoms with Crippen molar-refractivity contribution in [3.8, 4) is 0 Å². The molecule has 0 saturated carbocycles. The molecule has 0 aliphatic carbocycles. The summed E-state index contributed by atoms with van der Waals surface area (Å²) in [7, 11) is 0. The van der Waals surface area contributed by atoms with Crippen LogP contribution in [-0.4, -0.2) is 59.1 Å². The van der Waals surface area contributed by atoms with E-state index in [1.165, 1.54) is 0 Å². The number of aliphatic carboxylic acids is 2. The van der Waals surface area contributed by atoms with Crippen LogP contribution in [0.25, 0.3) is 0 Å². The van der Waals surface area contributed by atoms with Gasteiger partial charge < -0.3 is 32.3 Å². The topological polar surface area (TPSA) is 185 Å². The van der Waals surface area contributed by atoms with E-state index in [1.807, 2.05) is 0 Å². The molecule has 0 bridgehead atoms. The first-order chi connectivity index (χ1) is 10.8. The zero-order chi connectivity index (χ0) is 17.8. The van der Waals surface area contributed by atoms with Crippen molar-refractivity contribution in [2.75, 3.05) is 13.1 Å². The summed E-state index contributed by atoms with van der Waals surface area (Å²) in [5, 5.41) is 21.7. The highest BCUT2D eigenvalue weighted by Crippen LogP contribution is 2.02. The SMILES string of the molecule is NCCCCC(N)C(=O)NC(CCC(=O)O)C(=O)NCC(=O)O. The summed E-state index contributed by atoms with van der Waals surface area (Å²) in [4.78, 5) is 44.8. The highest BCUT2D eigenvalue weighted by Gasteiger charge is 2.24. The first-order valence-corrected chi connectivity index (χ1v) is 7.25. The van der Waals surface area contributed by atoms with Gasteiger partial charge in [-0.05, 0) is 25.8 Å². The summed E-state index contributed by atoms with van der Waals surface area (Å²) in [5.41, 5.74) is 11.0. The normalized spacial score (nSPS) is 13.0. The number of nitrogens with one attached hydrogen (secondary N) is 2. The van der Waals surface area contributed by atoms with Crippen LogP contribution >= 0.6 is 0 Å². The minimum atomic E-state index is -1.25. The van der Waals surface area contributed by atoms with Gasteiger partial charge in [0.15, 0.2) is 0 Å². The lowest BCUT2D eigenvalue weighted by molar-refractivity contribution is -0.140. The van der Waals surface area contributed by atoms with Crippen LogP contribution in [0.5, 0.6) is 0 Å². The molecule has 0 aromatic carbocycles. The number of carboxylic acids is 2. The molecule has 10 heteroatoms. The second-order valence-corrected chi connectivity index (χ2v) is 5.00. The van der Waals surface area contributed by atoms with E-state index in [9.17, 15) is 19.2 Å². The first kappa shape index (κ1) is 20.8. The molecule has 23 heavy (non-hydrogen) atoms. The Morgan fingerprint density at radius 1 is 0.957 bits per heavy atom. The van der Waals surface area contributed by atoms with Crippen molar-refractivity contribution in [3.05, 3.63) is 0 Å². The first-order valence-electron chi connectivity index (χ1n) is 7.25. The van der Waals surface area contributed by atoms with Gasteiger partial charge in [-0.15, -0.1) is 0 Å². The molecule has 0 aliphatic heterocycles. The van der Waals surface area contributed by atoms with Crippen LogP contribution in [0.15, 0.2) is 0 Å². The molecule has 0 heterocycles. The summed E-state index contributed by atoms with van der Waals surface area (Å²) < 4.78 is 0. The van der Waals surface area contributed by atoms with E-state index in [2.05, 4.69) is 10.6 Å². The number of rotatable bonds is 12. The van der Waals surface area contributed by atoms with E-state index in [0.717, 1.165) is 0 Å². The number of unbranched alkanes of at least 4 members (excludes halogenated alkanes) is 1. The number of carbonyl (C=O) groups excluding carboxylic acids is 2. The average Bonchev–Trinajstić information content (AvgIpc) is 2.48. The number of hydrogen-bond donors (Lipinski definition) is 6. The Hall–Kier alpha value is -2.20. The lowest BCUT2D eigenvalue weighted by Gasteiger charge is -2.19. The average molecular weight is 332 g/mol. The molecule has 2 amide bonds. The van der Waals surface area contributed by atoms with Crippen molar-refractivity contribution >= 4 is 23.8 Å². The highest BCUT2D eigenvalue weighted by atomic mass is 16.4. The molecule has 0 fully saturated rings. The van der Waals surface area contributed by atoms with E-state index >= 15 is 0 Å². The van der Waals surface area contributed by atoms with Crippen LogP contribution in [0.4, 0.5) is 0 Å². The molecule has 132 valence electrons. The van der Waals surface area contributed by atoms with Gasteiger partial charge in [0.1, 0.15) is 12.6 Å². The molecule has 0 saturated heterocycles. The Labute approximate surface area is 133 Å². The fraction of sp³-hybridized carbons (Fsp3) is 0.692. The van der Waals surface area contributed by atoms with Crippen molar-refractivity contribution in [2.45, 2.75) is 44.2 Å². The van der Waals surface area contributed by atoms with Crippen LogP contribution in [0.2, 0.25) is 0 Å². The summed E-state index contributed by atoms with van der Waals surface area (Å²) in [6, 6.07) is -2.00. The molecule has 2 unspecified atom stereocenters. The predicted octanol–water partition coefficient (Wildman–Crippen LogP) is -2.01. The van der Waals surface area contributed by atoms with Gasteiger partial charge in [0.05, 0.1) is 6.04 Å². The van der Waals surface area contributed by atoms with Gasteiger partial charge in [-0.2, -0.15) is 0 Å². The molecule has 0 rings (SSSR count). The van der Waals surface area contributed by atoms with Crippen molar-refractivity contribution < 1.29 is 29.4 Å². The van der Waals surface area contributed by atoms with Crippen LogP contribution in [0.1, 0.15) is 32.1 Å². The van der Waals surface area contributed by atoms with E-state index in [0.29, 0.717) is 25.8 Å². The Bertz CT molecular complexity index is 429. The molecule has 0 aliphatic rings. The van der Waals surface area contributed by atoms with Gasteiger partial charge >= 0.3 is 11.9 Å². The Morgan fingerprint density at radius 2 is 1.61 bits per heavy atom. The lowest BCUT2D eigenvalue weighted by atomic mass is 10.1. The molecule has 0 aromatic heterocycles. The summed E-state index contributed by atoms with van der Waals surface area (Å²) >= 11 is 0. The minimum Gasteiger partial charge on any atom is -0.481 e. The number of carboxylic acid groups (broad SMARTS) is 2. The van der Waals surface area contributed by atoms with E-state index < -0.39 is 42.4 Å². The predicted molar refractivity (Wildman–Crippen MR) is 80.3 cm³/mol. The maximum atomic E-state index is 11.9. The molecular formula is C13H24N4O6. The molecular weight excluding hydrogens is 308 g/mol. The Kier molecular flexibility index (Phi) is 10.3. The zero-order valence-corrected chi connectivity index (χ0v) is 12.8. The third-order valence-corrected chi connectivity index (χ3v) is 3.00. The number of hydrogen-bond acceptors (Lipinski definition) is 6. The Balaban J connectivity index is 4.59. The van der Waals surface area contributed by atoms with Crippen LogP contribution in [0.3, 0.4) is 0 Å². The van der Waals surface area contributed by atoms with Crippen LogP contribution in [0, 0.1) is 0 Å². The van der Waals surface area contributed by atoms with Crippen molar-refractivity contribution in [1.82, 2.24) is 10.6 Å². The fourth-order valence-corrected chi connectivity index (χ4v) is 1.74.